The Balaban J connectivity index is 1.43. The van der Waals surface area contributed by atoms with E-state index in [1.807, 2.05) is 12.1 Å². The summed E-state index contributed by atoms with van der Waals surface area (Å²) in [6.07, 6.45) is 9.28. The highest BCUT2D eigenvalue weighted by molar-refractivity contribution is 5.24. The third kappa shape index (κ3) is 7.51. The van der Waals surface area contributed by atoms with E-state index >= 15 is 0 Å². The van der Waals surface area contributed by atoms with Crippen molar-refractivity contribution in [3.63, 3.8) is 0 Å². The van der Waals surface area contributed by atoms with Crippen molar-refractivity contribution in [3.05, 3.63) is 59.2 Å². The van der Waals surface area contributed by atoms with Crippen LogP contribution in [0.4, 0.5) is 0 Å². The molecule has 1 aromatic carbocycles. The van der Waals surface area contributed by atoms with Crippen LogP contribution >= 0.6 is 0 Å². The molecule has 4 nitrogen and oxygen atoms in total. The molecule has 0 bridgehead atoms. The predicted molar refractivity (Wildman–Crippen MR) is 138 cm³/mol. The highest BCUT2D eigenvalue weighted by Crippen LogP contribution is 2.47. The molecule has 1 aromatic rings. The first kappa shape index (κ1) is 26.2. The lowest BCUT2D eigenvalue weighted by atomic mass is 9.89. The Morgan fingerprint density at radius 2 is 1.94 bits per heavy atom. The second-order valence-corrected chi connectivity index (χ2v) is 10.8. The minimum atomic E-state index is -0.509. The molecule has 0 aromatic heterocycles. The Morgan fingerprint density at radius 3 is 2.64 bits per heavy atom. The van der Waals surface area contributed by atoms with Crippen LogP contribution in [-0.4, -0.2) is 59.0 Å². The Bertz CT molecular complexity index is 793. The number of allylic oxidation sites excluding steroid dienone is 1. The zero-order chi connectivity index (χ0) is 24.0. The molecule has 0 spiro atoms. The Hall–Kier alpha value is -1.46. The molecule has 184 valence electrons. The van der Waals surface area contributed by atoms with Crippen molar-refractivity contribution in [1.29, 1.82) is 0 Å². The van der Waals surface area contributed by atoms with Gasteiger partial charge in [0, 0.05) is 31.0 Å². The van der Waals surface area contributed by atoms with Gasteiger partial charge in [-0.05, 0) is 84.4 Å². The van der Waals surface area contributed by atoms with Crippen molar-refractivity contribution < 1.29 is 10.2 Å². The monoisotopic (exact) mass is 454 g/mol. The quantitative estimate of drug-likeness (QED) is 0.322. The first-order valence-corrected chi connectivity index (χ1v) is 13.0. The molecule has 1 saturated carbocycles. The number of nitrogens with zero attached hydrogens (tertiary/aromatic N) is 1. The molecular formula is C29H46N2O2. The van der Waals surface area contributed by atoms with Crippen molar-refractivity contribution in [1.82, 2.24) is 10.2 Å². The standard InChI is InChI=1S/C29H46N2O2/c1-20(2)31(21(3)4)13-7-12-30-19-24-15-25-18-29(33)27(28(25)17-24)11-10-26(32)16-23-9-6-8-22(5)14-23/h6,8-11,14-15,20-21,25-30,32-33H,7,12-13,16-19H2,1-5H3/b11-10+/t25-,26+,27+,28-,29+/m0/s1. The molecule has 0 aliphatic heterocycles. The van der Waals surface area contributed by atoms with Crippen LogP contribution in [0.2, 0.25) is 0 Å². The van der Waals surface area contributed by atoms with Gasteiger partial charge >= 0.3 is 0 Å². The fraction of sp³-hybridized carbons (Fsp3) is 0.655. The van der Waals surface area contributed by atoms with E-state index in [1.165, 1.54) is 17.6 Å². The number of nitrogens with one attached hydrogen (secondary N) is 1. The van der Waals surface area contributed by atoms with Gasteiger partial charge in [0.05, 0.1) is 12.2 Å². The molecule has 2 aliphatic rings. The van der Waals surface area contributed by atoms with E-state index in [-0.39, 0.29) is 12.0 Å². The zero-order valence-corrected chi connectivity index (χ0v) is 21.4. The highest BCUT2D eigenvalue weighted by atomic mass is 16.3. The lowest BCUT2D eigenvalue weighted by molar-refractivity contribution is 0.140. The summed E-state index contributed by atoms with van der Waals surface area (Å²) >= 11 is 0. The normalized spacial score (nSPS) is 26.1. The minimum absolute atomic E-state index is 0.140. The summed E-state index contributed by atoms with van der Waals surface area (Å²) in [6.45, 7) is 14.3. The summed E-state index contributed by atoms with van der Waals surface area (Å²) in [4.78, 5) is 2.55. The van der Waals surface area contributed by atoms with Gasteiger partial charge in [0.1, 0.15) is 0 Å². The van der Waals surface area contributed by atoms with Gasteiger partial charge in [-0.1, -0.05) is 53.6 Å². The number of aryl methyl sites for hydroxylation is 1. The van der Waals surface area contributed by atoms with Crippen LogP contribution < -0.4 is 5.32 Å². The highest BCUT2D eigenvalue weighted by Gasteiger charge is 2.43. The second kappa shape index (κ2) is 12.3. The summed E-state index contributed by atoms with van der Waals surface area (Å²) in [6, 6.07) is 9.49. The average molecular weight is 455 g/mol. The molecule has 33 heavy (non-hydrogen) atoms. The number of hydrogen-bond donors (Lipinski definition) is 3. The van der Waals surface area contributed by atoms with Crippen LogP contribution in [0.1, 0.15) is 58.1 Å². The van der Waals surface area contributed by atoms with Gasteiger partial charge < -0.3 is 15.5 Å². The smallest absolute Gasteiger partial charge is 0.0761 e. The third-order valence-electron chi connectivity index (χ3n) is 7.48. The van der Waals surface area contributed by atoms with Crippen LogP contribution in [-0.2, 0) is 6.42 Å². The molecule has 0 amide bonds. The topological polar surface area (TPSA) is 55.7 Å². The molecule has 0 heterocycles. The fourth-order valence-electron chi connectivity index (χ4n) is 5.89. The van der Waals surface area contributed by atoms with Gasteiger partial charge in [0.2, 0.25) is 0 Å². The molecule has 4 heteroatoms. The summed E-state index contributed by atoms with van der Waals surface area (Å²) in [5.74, 6) is 1.08. The first-order valence-electron chi connectivity index (χ1n) is 13.0. The van der Waals surface area contributed by atoms with Crippen molar-refractivity contribution in [3.8, 4) is 0 Å². The fourth-order valence-corrected chi connectivity index (χ4v) is 5.89. The van der Waals surface area contributed by atoms with Gasteiger partial charge in [-0.25, -0.2) is 0 Å². The van der Waals surface area contributed by atoms with E-state index in [1.54, 1.807) is 0 Å². The van der Waals surface area contributed by atoms with Crippen molar-refractivity contribution in [2.75, 3.05) is 19.6 Å². The van der Waals surface area contributed by atoms with E-state index in [0.29, 0.717) is 30.3 Å². The minimum Gasteiger partial charge on any atom is -0.392 e. The Labute approximate surface area is 201 Å². The number of benzene rings is 1. The maximum Gasteiger partial charge on any atom is 0.0761 e. The maximum atomic E-state index is 10.6. The molecule has 0 unspecified atom stereocenters. The van der Waals surface area contributed by atoms with Crippen molar-refractivity contribution in [2.24, 2.45) is 17.8 Å². The van der Waals surface area contributed by atoms with Crippen LogP contribution in [0.3, 0.4) is 0 Å². The Kier molecular flexibility index (Phi) is 9.75. The van der Waals surface area contributed by atoms with E-state index in [0.717, 1.165) is 38.0 Å². The van der Waals surface area contributed by atoms with Gasteiger partial charge in [-0.2, -0.15) is 0 Å². The summed E-state index contributed by atoms with van der Waals surface area (Å²) < 4.78 is 0. The molecule has 5 atom stereocenters. The summed E-state index contributed by atoms with van der Waals surface area (Å²) in [5, 5.41) is 24.8. The van der Waals surface area contributed by atoms with Gasteiger partial charge in [0.15, 0.2) is 0 Å². The van der Waals surface area contributed by atoms with E-state index in [9.17, 15) is 10.2 Å². The molecule has 2 aliphatic carbocycles. The number of aliphatic hydroxyl groups excluding tert-OH is 2. The zero-order valence-electron chi connectivity index (χ0n) is 21.4. The lowest BCUT2D eigenvalue weighted by Gasteiger charge is -2.30. The number of rotatable bonds is 12. The molecule has 0 radical (unpaired) electrons. The predicted octanol–water partition coefficient (Wildman–Crippen LogP) is 4.50. The summed E-state index contributed by atoms with van der Waals surface area (Å²) in [7, 11) is 0. The Morgan fingerprint density at radius 1 is 1.18 bits per heavy atom. The molecule has 3 N–H and O–H groups in total. The van der Waals surface area contributed by atoms with Gasteiger partial charge in [0.25, 0.3) is 0 Å². The second-order valence-electron chi connectivity index (χ2n) is 10.8. The average Bonchev–Trinajstić information content (AvgIpc) is 3.24. The largest absolute Gasteiger partial charge is 0.392 e. The number of fused-ring (bicyclic) bond motifs is 1. The lowest BCUT2D eigenvalue weighted by Crippen LogP contribution is -2.38. The van der Waals surface area contributed by atoms with Crippen LogP contribution in [0.5, 0.6) is 0 Å². The summed E-state index contributed by atoms with van der Waals surface area (Å²) in [5.41, 5.74) is 3.85. The van der Waals surface area contributed by atoms with E-state index in [4.69, 9.17) is 0 Å². The van der Waals surface area contributed by atoms with Crippen molar-refractivity contribution >= 4 is 0 Å². The van der Waals surface area contributed by atoms with E-state index < -0.39 is 6.10 Å². The SMILES string of the molecule is Cc1cccc(C[C@H](O)/C=C/[C@@H]2[C@H]3CC(CNCCCN(C(C)C)C(C)C)=C[C@H]3C[C@H]2O)c1. The van der Waals surface area contributed by atoms with E-state index in [2.05, 4.69) is 75.2 Å². The van der Waals surface area contributed by atoms with Gasteiger partial charge in [-0.3, -0.25) is 4.90 Å². The molecular weight excluding hydrogens is 408 g/mol. The van der Waals surface area contributed by atoms with Crippen LogP contribution in [0.15, 0.2) is 48.1 Å². The van der Waals surface area contributed by atoms with Crippen molar-refractivity contribution in [2.45, 2.75) is 84.6 Å². The van der Waals surface area contributed by atoms with Crippen LogP contribution in [0.25, 0.3) is 0 Å². The maximum absolute atomic E-state index is 10.6. The first-order chi connectivity index (χ1) is 15.7. The third-order valence-corrected chi connectivity index (χ3v) is 7.48. The van der Waals surface area contributed by atoms with Crippen LogP contribution in [0, 0.1) is 24.7 Å². The molecule has 0 saturated heterocycles. The van der Waals surface area contributed by atoms with Gasteiger partial charge in [-0.15, -0.1) is 0 Å². The molecule has 3 rings (SSSR count). The number of hydrogen-bond acceptors (Lipinski definition) is 4. The molecule has 1 fully saturated rings. The number of aliphatic hydroxyl groups is 2.